The first kappa shape index (κ1) is 13.2. The Labute approximate surface area is 115 Å². The molecule has 0 saturated carbocycles. The van der Waals surface area contributed by atoms with Gasteiger partial charge in [0, 0.05) is 36.0 Å². The Morgan fingerprint density at radius 2 is 2.28 bits per heavy atom. The molecule has 0 aliphatic heterocycles. The second-order valence-electron chi connectivity index (χ2n) is 4.21. The number of halogens is 1. The van der Waals surface area contributed by atoms with E-state index in [1.165, 1.54) is 0 Å². The van der Waals surface area contributed by atoms with Crippen molar-refractivity contribution in [3.63, 3.8) is 0 Å². The lowest BCUT2D eigenvalue weighted by Gasteiger charge is -2.13. The summed E-state index contributed by atoms with van der Waals surface area (Å²) in [5, 5.41) is 14.5. The monoisotopic (exact) mass is 309 g/mol. The fourth-order valence-corrected chi connectivity index (χ4v) is 2.33. The molecule has 0 saturated heterocycles. The van der Waals surface area contributed by atoms with Crippen molar-refractivity contribution in [3.8, 4) is 0 Å². The Balaban J connectivity index is 2.11. The number of aliphatic hydroxyl groups is 1. The summed E-state index contributed by atoms with van der Waals surface area (Å²) in [4.78, 5) is 4.10. The molecule has 0 aliphatic rings. The maximum absolute atomic E-state index is 10.3. The third-order valence-corrected chi connectivity index (χ3v) is 3.15. The normalized spacial score (nSPS) is 12.6. The van der Waals surface area contributed by atoms with Crippen LogP contribution in [0.4, 0.5) is 0 Å². The Hall–Kier alpha value is -1.20. The smallest absolute Gasteiger partial charge is 0.0997 e. The minimum absolute atomic E-state index is 0.543. The summed E-state index contributed by atoms with van der Waals surface area (Å²) in [5.74, 6) is 0. The zero-order valence-corrected chi connectivity index (χ0v) is 11.8. The molecule has 0 bridgehead atoms. The van der Waals surface area contributed by atoms with Gasteiger partial charge in [0.15, 0.2) is 0 Å². The van der Waals surface area contributed by atoms with Crippen molar-refractivity contribution in [2.45, 2.75) is 32.4 Å². The van der Waals surface area contributed by atoms with Crippen LogP contribution in [0.3, 0.4) is 0 Å². The average Bonchev–Trinajstić information content (AvgIpc) is 2.78. The summed E-state index contributed by atoms with van der Waals surface area (Å²) in [6.07, 6.45) is 6.23. The van der Waals surface area contributed by atoms with Gasteiger partial charge >= 0.3 is 0 Å². The van der Waals surface area contributed by atoms with Crippen LogP contribution in [-0.2, 0) is 13.0 Å². The Morgan fingerprint density at radius 1 is 1.44 bits per heavy atom. The van der Waals surface area contributed by atoms with E-state index >= 15 is 0 Å². The third-order valence-electron chi connectivity index (χ3n) is 2.72. The molecule has 0 aromatic carbocycles. The van der Waals surface area contributed by atoms with E-state index in [0.29, 0.717) is 6.42 Å². The van der Waals surface area contributed by atoms with Crippen molar-refractivity contribution in [1.29, 1.82) is 0 Å². The van der Waals surface area contributed by atoms with Crippen molar-refractivity contribution in [3.05, 3.63) is 46.5 Å². The molecule has 0 amide bonds. The van der Waals surface area contributed by atoms with Crippen molar-refractivity contribution in [2.24, 2.45) is 0 Å². The lowest BCUT2D eigenvalue weighted by Crippen LogP contribution is -2.11. The highest BCUT2D eigenvalue weighted by Crippen LogP contribution is 2.19. The van der Waals surface area contributed by atoms with E-state index in [1.54, 1.807) is 18.6 Å². The Bertz CT molecular complexity index is 512. The summed E-state index contributed by atoms with van der Waals surface area (Å²) >= 11 is 3.38. The molecule has 0 aliphatic carbocycles. The van der Waals surface area contributed by atoms with Crippen LogP contribution in [0.2, 0.25) is 0 Å². The maximum atomic E-state index is 10.3. The molecular formula is C13H16BrN3O. The molecule has 1 atom stereocenters. The van der Waals surface area contributed by atoms with Gasteiger partial charge < -0.3 is 5.11 Å². The number of aryl methyl sites for hydroxylation is 1. The molecule has 18 heavy (non-hydrogen) atoms. The molecule has 4 nitrogen and oxygen atoms in total. The highest BCUT2D eigenvalue weighted by atomic mass is 79.9. The van der Waals surface area contributed by atoms with E-state index in [4.69, 9.17) is 0 Å². The van der Waals surface area contributed by atoms with Gasteiger partial charge in [-0.1, -0.05) is 6.92 Å². The van der Waals surface area contributed by atoms with Gasteiger partial charge in [-0.15, -0.1) is 0 Å². The number of aromatic nitrogens is 3. The van der Waals surface area contributed by atoms with Crippen LogP contribution in [-0.4, -0.2) is 19.9 Å². The van der Waals surface area contributed by atoms with Crippen molar-refractivity contribution in [2.75, 3.05) is 0 Å². The summed E-state index contributed by atoms with van der Waals surface area (Å²) in [6.45, 7) is 2.92. The molecule has 1 N–H and O–H groups in total. The average molecular weight is 310 g/mol. The summed E-state index contributed by atoms with van der Waals surface area (Å²) in [7, 11) is 0. The number of rotatable bonds is 5. The van der Waals surface area contributed by atoms with Gasteiger partial charge in [0.1, 0.15) is 0 Å². The van der Waals surface area contributed by atoms with Gasteiger partial charge in [-0.25, -0.2) is 0 Å². The second-order valence-corrected chi connectivity index (χ2v) is 5.13. The quantitative estimate of drug-likeness (QED) is 0.924. The number of nitrogens with zero attached hydrogens (tertiary/aromatic N) is 3. The molecule has 96 valence electrons. The molecule has 2 aromatic heterocycles. The minimum atomic E-state index is -0.546. The zero-order valence-electron chi connectivity index (χ0n) is 10.3. The van der Waals surface area contributed by atoms with E-state index in [2.05, 4.69) is 32.9 Å². The van der Waals surface area contributed by atoms with E-state index in [-0.39, 0.29) is 0 Å². The van der Waals surface area contributed by atoms with Crippen molar-refractivity contribution < 1.29 is 5.11 Å². The molecule has 1 unspecified atom stereocenters. The molecule has 0 radical (unpaired) electrons. The lowest BCUT2D eigenvalue weighted by molar-refractivity contribution is 0.166. The van der Waals surface area contributed by atoms with Crippen LogP contribution in [0.1, 0.15) is 30.7 Å². The molecule has 2 rings (SSSR count). The molecule has 0 spiro atoms. The van der Waals surface area contributed by atoms with Crippen LogP contribution in [0.15, 0.2) is 35.2 Å². The molecular weight excluding hydrogens is 294 g/mol. The summed E-state index contributed by atoms with van der Waals surface area (Å²) in [5.41, 5.74) is 1.86. The van der Waals surface area contributed by atoms with Gasteiger partial charge in [-0.3, -0.25) is 9.67 Å². The summed E-state index contributed by atoms with van der Waals surface area (Å²) in [6, 6.07) is 3.84. The molecule has 2 heterocycles. The number of aliphatic hydroxyl groups excluding tert-OH is 1. The molecule has 2 aromatic rings. The fraction of sp³-hybridized carbons (Fsp3) is 0.385. The molecule has 5 heteroatoms. The van der Waals surface area contributed by atoms with Crippen LogP contribution in [0, 0.1) is 0 Å². The third kappa shape index (κ3) is 3.17. The van der Waals surface area contributed by atoms with E-state index < -0.39 is 6.10 Å². The second kappa shape index (κ2) is 6.11. The topological polar surface area (TPSA) is 50.9 Å². The highest BCUT2D eigenvalue weighted by molar-refractivity contribution is 9.10. The first-order valence-electron chi connectivity index (χ1n) is 6.00. The van der Waals surface area contributed by atoms with Gasteiger partial charge in [0.2, 0.25) is 0 Å². The van der Waals surface area contributed by atoms with Crippen LogP contribution < -0.4 is 0 Å². The van der Waals surface area contributed by atoms with Crippen molar-refractivity contribution >= 4 is 15.9 Å². The molecule has 0 fully saturated rings. The SMILES string of the molecule is CCCn1nccc1C(O)Cc1cncc(Br)c1. The van der Waals surface area contributed by atoms with E-state index in [0.717, 1.165) is 28.7 Å². The van der Waals surface area contributed by atoms with Crippen LogP contribution in [0.25, 0.3) is 0 Å². The van der Waals surface area contributed by atoms with Gasteiger partial charge in [-0.2, -0.15) is 5.10 Å². The Kier molecular flexibility index (Phi) is 4.49. The summed E-state index contributed by atoms with van der Waals surface area (Å²) < 4.78 is 2.78. The van der Waals surface area contributed by atoms with E-state index in [1.807, 2.05) is 16.8 Å². The predicted molar refractivity (Wildman–Crippen MR) is 73.1 cm³/mol. The maximum Gasteiger partial charge on any atom is 0.0997 e. The van der Waals surface area contributed by atoms with Gasteiger partial charge in [-0.05, 0) is 40.0 Å². The lowest BCUT2D eigenvalue weighted by atomic mass is 10.1. The number of pyridine rings is 1. The van der Waals surface area contributed by atoms with Gasteiger partial charge in [0.05, 0.1) is 11.8 Å². The zero-order chi connectivity index (χ0) is 13.0. The fourth-order valence-electron chi connectivity index (χ4n) is 1.92. The largest absolute Gasteiger partial charge is 0.386 e. The first-order valence-corrected chi connectivity index (χ1v) is 6.79. The van der Waals surface area contributed by atoms with E-state index in [9.17, 15) is 5.11 Å². The first-order chi connectivity index (χ1) is 8.70. The Morgan fingerprint density at radius 3 is 3.00 bits per heavy atom. The number of hydrogen-bond acceptors (Lipinski definition) is 3. The van der Waals surface area contributed by atoms with Crippen molar-refractivity contribution in [1.82, 2.24) is 14.8 Å². The highest BCUT2D eigenvalue weighted by Gasteiger charge is 2.13. The number of hydrogen-bond donors (Lipinski definition) is 1. The predicted octanol–water partition coefficient (Wildman–Crippen LogP) is 2.73. The minimum Gasteiger partial charge on any atom is -0.386 e. The van der Waals surface area contributed by atoms with Crippen LogP contribution >= 0.6 is 15.9 Å². The van der Waals surface area contributed by atoms with Crippen LogP contribution in [0.5, 0.6) is 0 Å². The van der Waals surface area contributed by atoms with Gasteiger partial charge in [0.25, 0.3) is 0 Å². The standard InChI is InChI=1S/C13H16BrN3O/c1-2-5-17-12(3-4-16-17)13(18)7-10-6-11(14)9-15-8-10/h3-4,6,8-9,13,18H,2,5,7H2,1H3.